The quantitative estimate of drug-likeness (QED) is 0.663. The maximum atomic E-state index is 12.9. The van der Waals surface area contributed by atoms with Gasteiger partial charge in [0.15, 0.2) is 0 Å². The van der Waals surface area contributed by atoms with E-state index in [-0.39, 0.29) is 4.90 Å². The number of methoxy groups -OCH3 is 1. The van der Waals surface area contributed by atoms with Gasteiger partial charge in [0.25, 0.3) is 0 Å². The lowest BCUT2D eigenvalue weighted by atomic mass is 10.00. The van der Waals surface area contributed by atoms with Crippen molar-refractivity contribution in [1.82, 2.24) is 4.72 Å². The zero-order chi connectivity index (χ0) is 19.3. The third-order valence-electron chi connectivity index (χ3n) is 4.12. The first-order chi connectivity index (χ1) is 13.0. The first kappa shape index (κ1) is 18.8. The Labute approximate surface area is 158 Å². The van der Waals surface area contributed by atoms with Gasteiger partial charge in [0.05, 0.1) is 23.6 Å². The van der Waals surface area contributed by atoms with Crippen LogP contribution in [0, 0.1) is 0 Å². The second kappa shape index (κ2) is 8.16. The smallest absolute Gasteiger partial charge is 0.337 e. The molecule has 6 heteroatoms. The minimum Gasteiger partial charge on any atom is -0.465 e. The molecule has 0 saturated carbocycles. The van der Waals surface area contributed by atoms with Gasteiger partial charge in [-0.15, -0.1) is 0 Å². The summed E-state index contributed by atoms with van der Waals surface area (Å²) in [5, 5.41) is 0. The van der Waals surface area contributed by atoms with Crippen molar-refractivity contribution in [2.24, 2.45) is 0 Å². The van der Waals surface area contributed by atoms with E-state index in [1.165, 1.54) is 31.4 Å². The molecule has 0 aromatic heterocycles. The molecule has 0 amide bonds. The molecule has 0 fully saturated rings. The summed E-state index contributed by atoms with van der Waals surface area (Å²) >= 11 is 0. The molecular formula is C21H19NO4S. The van der Waals surface area contributed by atoms with Crippen LogP contribution in [-0.2, 0) is 14.8 Å². The third kappa shape index (κ3) is 4.42. The van der Waals surface area contributed by atoms with Crippen LogP contribution in [0.3, 0.4) is 0 Å². The Morgan fingerprint density at radius 1 is 0.815 bits per heavy atom. The van der Waals surface area contributed by atoms with Gasteiger partial charge in [0, 0.05) is 0 Å². The summed E-state index contributed by atoms with van der Waals surface area (Å²) in [7, 11) is -2.53. The molecule has 3 rings (SSSR count). The fourth-order valence-electron chi connectivity index (χ4n) is 2.73. The van der Waals surface area contributed by atoms with E-state index in [2.05, 4.69) is 9.46 Å². The highest BCUT2D eigenvalue weighted by molar-refractivity contribution is 7.89. The number of sulfonamides is 1. The van der Waals surface area contributed by atoms with Gasteiger partial charge in [-0.1, -0.05) is 60.7 Å². The number of hydrogen-bond acceptors (Lipinski definition) is 4. The van der Waals surface area contributed by atoms with Gasteiger partial charge in [-0.05, 0) is 35.4 Å². The molecule has 1 N–H and O–H groups in total. The zero-order valence-electron chi connectivity index (χ0n) is 14.7. The van der Waals surface area contributed by atoms with Crippen molar-refractivity contribution in [2.45, 2.75) is 10.9 Å². The van der Waals surface area contributed by atoms with Crippen molar-refractivity contribution in [3.8, 4) is 0 Å². The van der Waals surface area contributed by atoms with E-state index in [4.69, 9.17) is 0 Å². The molecule has 0 aliphatic heterocycles. The predicted molar refractivity (Wildman–Crippen MR) is 103 cm³/mol. The minimum atomic E-state index is -3.81. The van der Waals surface area contributed by atoms with Crippen molar-refractivity contribution in [3.63, 3.8) is 0 Å². The van der Waals surface area contributed by atoms with Crippen molar-refractivity contribution >= 4 is 16.0 Å². The molecule has 0 spiro atoms. The number of carbonyl (C=O) groups is 1. The van der Waals surface area contributed by atoms with Crippen LogP contribution in [0.15, 0.2) is 89.8 Å². The van der Waals surface area contributed by atoms with Crippen molar-refractivity contribution in [3.05, 3.63) is 102 Å². The van der Waals surface area contributed by atoms with Crippen LogP contribution in [-0.4, -0.2) is 21.5 Å². The second-order valence-electron chi connectivity index (χ2n) is 5.89. The summed E-state index contributed by atoms with van der Waals surface area (Å²) in [6.45, 7) is 0. The van der Waals surface area contributed by atoms with Crippen LogP contribution in [0.5, 0.6) is 0 Å². The van der Waals surface area contributed by atoms with Gasteiger partial charge in [0.2, 0.25) is 10.0 Å². The Morgan fingerprint density at radius 3 is 1.74 bits per heavy atom. The van der Waals surface area contributed by atoms with Crippen LogP contribution < -0.4 is 4.72 Å². The lowest BCUT2D eigenvalue weighted by molar-refractivity contribution is 0.0600. The Kier molecular flexibility index (Phi) is 5.69. The molecule has 3 aromatic rings. The Bertz CT molecular complexity index is 962. The highest BCUT2D eigenvalue weighted by Crippen LogP contribution is 2.24. The van der Waals surface area contributed by atoms with E-state index in [0.717, 1.165) is 11.1 Å². The molecule has 0 bridgehead atoms. The van der Waals surface area contributed by atoms with Crippen molar-refractivity contribution in [1.29, 1.82) is 0 Å². The van der Waals surface area contributed by atoms with E-state index in [1.807, 2.05) is 60.7 Å². The van der Waals surface area contributed by atoms with Gasteiger partial charge in [0.1, 0.15) is 0 Å². The van der Waals surface area contributed by atoms with Gasteiger partial charge < -0.3 is 4.74 Å². The molecule has 27 heavy (non-hydrogen) atoms. The molecule has 5 nitrogen and oxygen atoms in total. The van der Waals surface area contributed by atoms with Crippen LogP contribution in [0.25, 0.3) is 0 Å². The number of benzene rings is 3. The molecular weight excluding hydrogens is 362 g/mol. The monoisotopic (exact) mass is 381 g/mol. The van der Waals surface area contributed by atoms with Crippen LogP contribution in [0.2, 0.25) is 0 Å². The van der Waals surface area contributed by atoms with E-state index in [1.54, 1.807) is 0 Å². The molecule has 0 heterocycles. The lowest BCUT2D eigenvalue weighted by Gasteiger charge is -2.20. The normalized spacial score (nSPS) is 11.3. The third-order valence-corrected chi connectivity index (χ3v) is 5.56. The predicted octanol–water partition coefficient (Wildman–Crippen LogP) is 3.54. The largest absolute Gasteiger partial charge is 0.465 e. The number of rotatable bonds is 6. The van der Waals surface area contributed by atoms with Crippen LogP contribution in [0.4, 0.5) is 0 Å². The first-order valence-electron chi connectivity index (χ1n) is 8.32. The fraction of sp³-hybridized carbons (Fsp3) is 0.0952. The van der Waals surface area contributed by atoms with Crippen LogP contribution >= 0.6 is 0 Å². The SMILES string of the molecule is COC(=O)c1ccc(S(=O)(=O)NC(c2ccccc2)c2ccccc2)cc1. The number of ether oxygens (including phenoxy) is 1. The number of nitrogens with one attached hydrogen (secondary N) is 1. The summed E-state index contributed by atoms with van der Waals surface area (Å²) in [6, 6.07) is 23.8. The molecule has 0 aliphatic carbocycles. The lowest BCUT2D eigenvalue weighted by Crippen LogP contribution is -2.29. The Morgan fingerprint density at radius 2 is 1.30 bits per heavy atom. The summed E-state index contributed by atoms with van der Waals surface area (Å²) in [6.07, 6.45) is 0. The topological polar surface area (TPSA) is 72.5 Å². The molecule has 0 aliphatic rings. The number of hydrogen-bond donors (Lipinski definition) is 1. The minimum absolute atomic E-state index is 0.0759. The summed E-state index contributed by atoms with van der Waals surface area (Å²) in [4.78, 5) is 11.6. The molecule has 0 saturated heterocycles. The van der Waals surface area contributed by atoms with Gasteiger partial charge in [-0.2, -0.15) is 4.72 Å². The maximum Gasteiger partial charge on any atom is 0.337 e. The first-order valence-corrected chi connectivity index (χ1v) is 9.80. The average Bonchev–Trinajstić information content (AvgIpc) is 2.73. The Balaban J connectivity index is 1.94. The molecule has 138 valence electrons. The van der Waals surface area contributed by atoms with Gasteiger partial charge in [-0.3, -0.25) is 0 Å². The number of esters is 1. The highest BCUT2D eigenvalue weighted by atomic mass is 32.2. The maximum absolute atomic E-state index is 12.9. The van der Waals surface area contributed by atoms with Crippen molar-refractivity contribution in [2.75, 3.05) is 7.11 Å². The van der Waals surface area contributed by atoms with Crippen LogP contribution in [0.1, 0.15) is 27.5 Å². The highest BCUT2D eigenvalue weighted by Gasteiger charge is 2.23. The molecule has 0 unspecified atom stereocenters. The number of carbonyl (C=O) groups excluding carboxylic acids is 1. The van der Waals surface area contributed by atoms with E-state index >= 15 is 0 Å². The van der Waals surface area contributed by atoms with E-state index < -0.39 is 22.0 Å². The van der Waals surface area contributed by atoms with E-state index in [0.29, 0.717) is 5.56 Å². The second-order valence-corrected chi connectivity index (χ2v) is 7.61. The van der Waals surface area contributed by atoms with Gasteiger partial charge in [-0.25, -0.2) is 13.2 Å². The summed E-state index contributed by atoms with van der Waals surface area (Å²) in [5.74, 6) is -0.515. The van der Waals surface area contributed by atoms with E-state index in [9.17, 15) is 13.2 Å². The Hall–Kier alpha value is -2.96. The average molecular weight is 381 g/mol. The molecule has 0 atom stereocenters. The van der Waals surface area contributed by atoms with Crippen molar-refractivity contribution < 1.29 is 17.9 Å². The standard InChI is InChI=1S/C21H19NO4S/c1-26-21(23)18-12-14-19(15-13-18)27(24,25)22-20(16-8-4-2-5-9-16)17-10-6-3-7-11-17/h2-15,20,22H,1H3. The summed E-state index contributed by atoms with van der Waals surface area (Å²) < 4.78 is 33.2. The molecule has 0 radical (unpaired) electrons. The fourth-order valence-corrected chi connectivity index (χ4v) is 3.94. The molecule has 3 aromatic carbocycles. The van der Waals surface area contributed by atoms with Gasteiger partial charge >= 0.3 is 5.97 Å². The summed E-state index contributed by atoms with van der Waals surface area (Å²) in [5.41, 5.74) is 1.95. The zero-order valence-corrected chi connectivity index (χ0v) is 15.5.